The Morgan fingerprint density at radius 1 is 0.627 bits per heavy atom. The first-order chi connectivity index (χ1) is 35.9. The number of alkyl halides is 1. The SMILES string of the molecule is Brc1ccsc1.CC(C)(Br)C(=O)Br.CCCCCCc1cc(Br)sc1Br.CCCCCCc1cc(Br)sc1CCC.CCCCCCc1cc(Br)sc1CCCO.CCCCCCc1ccsc1.OPPP.[B]=NS. The molecule has 0 saturated carbocycles. The van der Waals surface area contributed by atoms with Crippen LogP contribution >= 0.6 is 206 Å². The molecule has 0 aliphatic rings. The first-order valence-electron chi connectivity index (χ1n) is 25.9. The molecule has 3 unspecified atom stereocenters. The van der Waals surface area contributed by atoms with Gasteiger partial charge in [-0.2, -0.15) is 22.7 Å². The third-order valence-corrected chi connectivity index (χ3v) is 22.0. The van der Waals surface area contributed by atoms with Crippen LogP contribution in [0.5, 0.6) is 0 Å². The molecule has 0 bridgehead atoms. The first-order valence-corrected chi connectivity index (χ1v) is 41.0. The van der Waals surface area contributed by atoms with Crippen LogP contribution in [0.25, 0.3) is 0 Å². The van der Waals surface area contributed by atoms with Gasteiger partial charge in [0.05, 0.1) is 19.5 Å². The van der Waals surface area contributed by atoms with Gasteiger partial charge in [-0.05, 0) is 249 Å². The number of hydrogen-bond donors (Lipinski definition) is 3. The zero-order chi connectivity index (χ0) is 57.1. The number of hydrogen-bond acceptors (Lipinski definition) is 10. The van der Waals surface area contributed by atoms with E-state index in [2.05, 4.69) is 215 Å². The molecule has 0 aromatic carbocycles. The minimum atomic E-state index is -0.410. The van der Waals surface area contributed by atoms with E-state index in [1.54, 1.807) is 58.3 Å². The number of nitrogens with zero attached hydrogens (tertiary/aromatic N) is 1. The molecular weight excluding hydrogens is 1570 g/mol. The molecule has 0 spiro atoms. The van der Waals surface area contributed by atoms with Gasteiger partial charge in [0.25, 0.3) is 0 Å². The van der Waals surface area contributed by atoms with Crippen LogP contribution in [0.2, 0.25) is 0 Å². The fourth-order valence-corrected chi connectivity index (χ4v) is 14.9. The number of aliphatic hydroxyl groups excluding tert-OH is 1. The predicted octanol–water partition coefficient (Wildman–Crippen LogP) is 25.1. The van der Waals surface area contributed by atoms with Crippen molar-refractivity contribution in [2.24, 2.45) is 4.30 Å². The summed E-state index contributed by atoms with van der Waals surface area (Å²) in [5, 5.41) is 17.4. The number of thiol groups is 1. The summed E-state index contributed by atoms with van der Waals surface area (Å²) in [6.45, 7) is 15.1. The van der Waals surface area contributed by atoms with Gasteiger partial charge in [-0.25, -0.2) is 0 Å². The molecular formula is C54H87BBr7NO3P3S6. The number of aliphatic hydroxyl groups is 1. The van der Waals surface area contributed by atoms with E-state index in [-0.39, 0.29) is 13.2 Å². The number of carbonyl (C=O) groups is 1. The Morgan fingerprint density at radius 2 is 1.01 bits per heavy atom. The Kier molecular flexibility index (Phi) is 64.3. The molecule has 1 radical (unpaired) electrons. The van der Waals surface area contributed by atoms with Crippen LogP contribution in [-0.2, 0) is 43.3 Å². The van der Waals surface area contributed by atoms with Gasteiger partial charge < -0.3 is 10.00 Å². The van der Waals surface area contributed by atoms with Crippen LogP contribution in [0.4, 0.5) is 0 Å². The van der Waals surface area contributed by atoms with Crippen molar-refractivity contribution in [3.05, 3.63) is 103 Å². The maximum atomic E-state index is 10.3. The molecule has 429 valence electrons. The molecule has 5 aromatic heterocycles. The Hall–Kier alpha value is 2.95. The second kappa shape index (κ2) is 58.7. The van der Waals surface area contributed by atoms with E-state index in [9.17, 15) is 4.79 Å². The van der Waals surface area contributed by atoms with Crippen molar-refractivity contribution in [1.29, 1.82) is 0 Å². The maximum absolute atomic E-state index is 10.3. The van der Waals surface area contributed by atoms with Crippen LogP contribution in [-0.4, -0.2) is 33.3 Å². The third-order valence-electron chi connectivity index (χ3n) is 10.3. The number of halogens is 7. The van der Waals surface area contributed by atoms with Gasteiger partial charge >= 0.3 is 24.8 Å². The third kappa shape index (κ3) is 52.3. The molecule has 21 heteroatoms. The number of rotatable bonds is 27. The van der Waals surface area contributed by atoms with Gasteiger partial charge in [0.15, 0.2) is 0 Å². The number of unbranched alkanes of at least 4 members (excludes halogenated alkanes) is 12. The number of thiophene rings is 5. The molecule has 4 nitrogen and oxygen atoms in total. The zero-order valence-electron chi connectivity index (χ0n) is 45.4. The Labute approximate surface area is 548 Å². The van der Waals surface area contributed by atoms with Gasteiger partial charge in [-0.3, -0.25) is 4.79 Å². The summed E-state index contributed by atoms with van der Waals surface area (Å²) in [6.07, 6.45) is 30.9. The van der Waals surface area contributed by atoms with Crippen molar-refractivity contribution in [1.82, 2.24) is 0 Å². The van der Waals surface area contributed by atoms with Gasteiger partial charge in [0.2, 0.25) is 4.69 Å². The van der Waals surface area contributed by atoms with E-state index in [1.165, 1.54) is 182 Å². The summed E-state index contributed by atoms with van der Waals surface area (Å²) in [6, 6.07) is 11.0. The fourth-order valence-electron chi connectivity index (χ4n) is 6.38. The average Bonchev–Trinajstić information content (AvgIpc) is 4.25. The summed E-state index contributed by atoms with van der Waals surface area (Å²) >= 11 is 35.7. The zero-order valence-corrected chi connectivity index (χ0v) is 64.6. The van der Waals surface area contributed by atoms with Crippen molar-refractivity contribution < 1.29 is 14.8 Å². The molecule has 3 atom stereocenters. The molecule has 75 heavy (non-hydrogen) atoms. The predicted molar refractivity (Wildman–Crippen MR) is 384 cm³/mol. The van der Waals surface area contributed by atoms with Crippen LogP contribution in [0, 0.1) is 0 Å². The summed E-state index contributed by atoms with van der Waals surface area (Å²) < 4.78 is 8.48. The molecule has 0 aliphatic carbocycles. The second-order valence-corrected chi connectivity index (χ2v) is 36.2. The molecule has 0 fully saturated rings. The van der Waals surface area contributed by atoms with Crippen molar-refractivity contribution in [2.75, 3.05) is 6.61 Å². The van der Waals surface area contributed by atoms with Gasteiger partial charge in [-0.1, -0.05) is 142 Å². The van der Waals surface area contributed by atoms with Gasteiger partial charge in [-0.15, -0.1) is 42.9 Å². The molecule has 5 rings (SSSR count). The standard InChI is InChI=1S/C13H21BrOS.C13H21BrS.C10H14Br2S.C10H16S.C4H6Br2O.C4H3BrS.BHNS.H5OP3/c1-2-3-4-5-7-11-10-13(14)16-12(11)8-6-9-15;1-3-5-6-7-9-11-10-13(14)15-12(11)8-4-2;1-2-3-4-5-6-8-7-9(11)13-10(8)12;1-2-3-4-5-6-10-7-8-11-9-10;1-4(2,6)3(5)7;5-4-1-2-6-3-4;1-2-3;1-3-4-2/h10,15H,2-9H2,1H3;10H,3-9H2,1-2H3;7H,2-6H2,1H3;7-9H,2-6H2,1H3;1-2H3;1-3H;3H;1,3-4H,2H2. The first kappa shape index (κ1) is 82.2. The van der Waals surface area contributed by atoms with E-state index in [4.69, 9.17) is 10.00 Å². The molecule has 0 saturated heterocycles. The molecule has 2 N–H and O–H groups in total. The molecule has 0 aliphatic heterocycles. The summed E-state index contributed by atoms with van der Waals surface area (Å²) in [5.74, 6) is 0. The molecule has 5 heterocycles. The quantitative estimate of drug-likeness (QED) is 0.0123. The Morgan fingerprint density at radius 3 is 1.32 bits per heavy atom. The molecule has 5 aromatic rings. The Bertz CT molecular complexity index is 2000. The van der Waals surface area contributed by atoms with Crippen molar-refractivity contribution >= 4 is 219 Å². The van der Waals surface area contributed by atoms with E-state index >= 15 is 0 Å². The van der Waals surface area contributed by atoms with E-state index in [0.29, 0.717) is 14.6 Å². The minimum absolute atomic E-state index is 0.0278. The van der Waals surface area contributed by atoms with Crippen LogP contribution in [0.3, 0.4) is 0 Å². The van der Waals surface area contributed by atoms with Crippen LogP contribution in [0.15, 0.2) is 75.8 Å². The van der Waals surface area contributed by atoms with Gasteiger partial charge in [0, 0.05) is 34.7 Å². The molecule has 0 amide bonds. The van der Waals surface area contributed by atoms with E-state index < -0.39 is 4.32 Å². The summed E-state index contributed by atoms with van der Waals surface area (Å²) in [7, 11) is 7.55. The second-order valence-electron chi connectivity index (χ2n) is 17.4. The Balaban J connectivity index is -0.000000827. The topological polar surface area (TPSA) is 69.9 Å². The number of aryl methyl sites for hydroxylation is 6. The van der Waals surface area contributed by atoms with Crippen LogP contribution in [0.1, 0.15) is 196 Å². The van der Waals surface area contributed by atoms with E-state index in [0.717, 1.165) is 12.8 Å². The summed E-state index contributed by atoms with van der Waals surface area (Å²) in [4.78, 5) is 21.3. The van der Waals surface area contributed by atoms with E-state index in [1.807, 2.05) is 39.5 Å². The van der Waals surface area contributed by atoms with Crippen molar-refractivity contribution in [3.8, 4) is 0 Å². The van der Waals surface area contributed by atoms with Crippen molar-refractivity contribution in [2.45, 2.75) is 207 Å². The monoisotopic (exact) mass is 1650 g/mol. The number of carbonyl (C=O) groups excluding carboxylic acids is 1. The van der Waals surface area contributed by atoms with Crippen molar-refractivity contribution in [3.63, 3.8) is 0 Å². The average molecular weight is 1650 g/mol. The van der Waals surface area contributed by atoms with Crippen LogP contribution < -0.4 is 0 Å². The fraction of sp³-hybridized carbons (Fsp3) is 0.611. The summed E-state index contributed by atoms with van der Waals surface area (Å²) in [5.41, 5.74) is 6.05. The van der Waals surface area contributed by atoms with Gasteiger partial charge in [0.1, 0.15) is 0 Å². The normalized spacial score (nSPS) is 10.5.